The standard InChI is InChI=1S/C18H27N3O3/c1-13-15(12-19-21(13)14-6-10-23-11-7-14)18(22)20-8-3-9-24-17-5-2-4-16(17)20/h12,14,16-17H,2-11H2,1H3/t16-,17-/m1/s1. The van der Waals surface area contributed by atoms with Crippen molar-refractivity contribution < 1.29 is 14.3 Å². The van der Waals surface area contributed by atoms with E-state index < -0.39 is 0 Å². The highest BCUT2D eigenvalue weighted by atomic mass is 16.5. The molecule has 1 amide bonds. The second kappa shape index (κ2) is 6.84. The number of ether oxygens (including phenoxy) is 2. The Hall–Kier alpha value is -1.40. The minimum Gasteiger partial charge on any atom is -0.381 e. The first kappa shape index (κ1) is 16.1. The number of hydrogen-bond acceptors (Lipinski definition) is 4. The number of carbonyl (C=O) groups excluding carboxylic acids is 1. The van der Waals surface area contributed by atoms with Crippen LogP contribution < -0.4 is 0 Å². The molecule has 1 aromatic rings. The van der Waals surface area contributed by atoms with E-state index in [9.17, 15) is 4.79 Å². The van der Waals surface area contributed by atoms with Gasteiger partial charge in [0.2, 0.25) is 0 Å². The number of carbonyl (C=O) groups is 1. The van der Waals surface area contributed by atoms with Crippen LogP contribution in [0.5, 0.6) is 0 Å². The number of rotatable bonds is 2. The van der Waals surface area contributed by atoms with Crippen molar-refractivity contribution in [2.24, 2.45) is 0 Å². The van der Waals surface area contributed by atoms with Gasteiger partial charge in [-0.25, -0.2) is 0 Å². The molecule has 1 saturated carbocycles. The number of hydrogen-bond donors (Lipinski definition) is 0. The molecule has 0 spiro atoms. The average Bonchev–Trinajstić information content (AvgIpc) is 3.17. The van der Waals surface area contributed by atoms with Crippen molar-refractivity contribution in [2.75, 3.05) is 26.4 Å². The van der Waals surface area contributed by atoms with Crippen LogP contribution in [0.1, 0.15) is 60.6 Å². The van der Waals surface area contributed by atoms with Crippen molar-refractivity contribution in [1.82, 2.24) is 14.7 Å². The Morgan fingerprint density at radius 3 is 2.83 bits per heavy atom. The second-order valence-corrected chi connectivity index (χ2v) is 7.19. The van der Waals surface area contributed by atoms with Gasteiger partial charge in [0.15, 0.2) is 0 Å². The summed E-state index contributed by atoms with van der Waals surface area (Å²) in [4.78, 5) is 15.3. The Kier molecular flexibility index (Phi) is 4.59. The minimum absolute atomic E-state index is 0.133. The maximum atomic E-state index is 13.2. The molecule has 2 aliphatic heterocycles. The van der Waals surface area contributed by atoms with Crippen LogP contribution in [0.15, 0.2) is 6.20 Å². The summed E-state index contributed by atoms with van der Waals surface area (Å²) in [5, 5.41) is 4.55. The monoisotopic (exact) mass is 333 g/mol. The van der Waals surface area contributed by atoms with Gasteiger partial charge in [-0.05, 0) is 45.4 Å². The first-order valence-corrected chi connectivity index (χ1v) is 9.30. The highest BCUT2D eigenvalue weighted by Gasteiger charge is 2.38. The van der Waals surface area contributed by atoms with E-state index in [1.807, 2.05) is 11.6 Å². The molecular weight excluding hydrogens is 306 g/mol. The van der Waals surface area contributed by atoms with E-state index >= 15 is 0 Å². The van der Waals surface area contributed by atoms with E-state index in [1.54, 1.807) is 6.20 Å². The zero-order valence-electron chi connectivity index (χ0n) is 14.4. The van der Waals surface area contributed by atoms with E-state index in [-0.39, 0.29) is 18.1 Å². The van der Waals surface area contributed by atoms with Gasteiger partial charge in [0.25, 0.3) is 5.91 Å². The third-order valence-electron chi connectivity index (χ3n) is 5.77. The summed E-state index contributed by atoms with van der Waals surface area (Å²) in [6.07, 6.45) is 8.14. The number of fused-ring (bicyclic) bond motifs is 1. The normalized spacial score (nSPS) is 28.6. The molecule has 132 valence electrons. The molecule has 0 bridgehead atoms. The van der Waals surface area contributed by atoms with Crippen LogP contribution in [0, 0.1) is 6.92 Å². The van der Waals surface area contributed by atoms with Crippen LogP contribution in [0.25, 0.3) is 0 Å². The van der Waals surface area contributed by atoms with Gasteiger partial charge in [-0.15, -0.1) is 0 Å². The Labute approximate surface area is 143 Å². The maximum absolute atomic E-state index is 13.2. The highest BCUT2D eigenvalue weighted by Crippen LogP contribution is 2.31. The van der Waals surface area contributed by atoms with E-state index in [4.69, 9.17) is 9.47 Å². The minimum atomic E-state index is 0.133. The average molecular weight is 333 g/mol. The molecule has 0 unspecified atom stereocenters. The number of amides is 1. The van der Waals surface area contributed by atoms with Crippen LogP contribution in [0.4, 0.5) is 0 Å². The van der Waals surface area contributed by atoms with Gasteiger partial charge in [-0.3, -0.25) is 9.48 Å². The molecule has 1 aromatic heterocycles. The third kappa shape index (κ3) is 2.86. The van der Waals surface area contributed by atoms with Gasteiger partial charge in [0, 0.05) is 32.1 Å². The summed E-state index contributed by atoms with van der Waals surface area (Å²) in [7, 11) is 0. The molecule has 24 heavy (non-hydrogen) atoms. The summed E-state index contributed by atoms with van der Waals surface area (Å²) in [6, 6.07) is 0.595. The van der Waals surface area contributed by atoms with Crippen LogP contribution in [0.2, 0.25) is 0 Å². The van der Waals surface area contributed by atoms with Gasteiger partial charge in [0.1, 0.15) is 0 Å². The Bertz CT molecular complexity index is 594. The quantitative estimate of drug-likeness (QED) is 0.833. The fourth-order valence-corrected chi connectivity index (χ4v) is 4.43. The predicted molar refractivity (Wildman–Crippen MR) is 89.1 cm³/mol. The Morgan fingerprint density at radius 2 is 2.00 bits per heavy atom. The molecule has 2 saturated heterocycles. The molecule has 0 aromatic carbocycles. The van der Waals surface area contributed by atoms with Crippen LogP contribution in [-0.4, -0.2) is 59.1 Å². The van der Waals surface area contributed by atoms with Crippen molar-refractivity contribution in [3.63, 3.8) is 0 Å². The van der Waals surface area contributed by atoms with Gasteiger partial charge in [-0.1, -0.05) is 0 Å². The number of aromatic nitrogens is 2. The van der Waals surface area contributed by atoms with Crippen LogP contribution in [0.3, 0.4) is 0 Å². The highest BCUT2D eigenvalue weighted by molar-refractivity contribution is 5.95. The number of nitrogens with zero attached hydrogens (tertiary/aromatic N) is 3. The fraction of sp³-hybridized carbons (Fsp3) is 0.778. The molecular formula is C18H27N3O3. The van der Waals surface area contributed by atoms with E-state index in [0.717, 1.165) is 76.1 Å². The van der Waals surface area contributed by atoms with Crippen molar-refractivity contribution in [3.8, 4) is 0 Å². The smallest absolute Gasteiger partial charge is 0.257 e. The second-order valence-electron chi connectivity index (χ2n) is 7.19. The summed E-state index contributed by atoms with van der Waals surface area (Å²) in [6.45, 7) is 5.14. The van der Waals surface area contributed by atoms with Crippen molar-refractivity contribution in [3.05, 3.63) is 17.5 Å². The first-order valence-electron chi connectivity index (χ1n) is 9.30. The zero-order chi connectivity index (χ0) is 16.5. The SMILES string of the molecule is Cc1c(C(=O)N2CCCO[C@@H]3CCC[C@H]32)cnn1C1CCOCC1. The van der Waals surface area contributed by atoms with Crippen LogP contribution in [-0.2, 0) is 9.47 Å². The summed E-state index contributed by atoms with van der Waals surface area (Å²) >= 11 is 0. The lowest BCUT2D eigenvalue weighted by atomic mass is 10.1. The molecule has 6 heteroatoms. The zero-order valence-corrected chi connectivity index (χ0v) is 14.4. The summed E-state index contributed by atoms with van der Waals surface area (Å²) < 4.78 is 13.4. The predicted octanol–water partition coefficient (Wildman–Crippen LogP) is 2.33. The van der Waals surface area contributed by atoms with E-state index in [0.29, 0.717) is 6.04 Å². The molecule has 2 atom stereocenters. The molecule has 6 nitrogen and oxygen atoms in total. The lowest BCUT2D eigenvalue weighted by molar-refractivity contribution is 0.0296. The van der Waals surface area contributed by atoms with Gasteiger partial charge >= 0.3 is 0 Å². The molecule has 4 rings (SSSR count). The molecule has 1 aliphatic carbocycles. The van der Waals surface area contributed by atoms with E-state index in [2.05, 4.69) is 10.00 Å². The van der Waals surface area contributed by atoms with E-state index in [1.165, 1.54) is 0 Å². The molecule has 0 N–H and O–H groups in total. The molecule has 3 aliphatic rings. The van der Waals surface area contributed by atoms with Crippen molar-refractivity contribution >= 4 is 5.91 Å². The Balaban J connectivity index is 1.56. The summed E-state index contributed by atoms with van der Waals surface area (Å²) in [5.41, 5.74) is 1.75. The molecule has 0 radical (unpaired) electrons. The Morgan fingerprint density at radius 1 is 1.17 bits per heavy atom. The maximum Gasteiger partial charge on any atom is 0.257 e. The van der Waals surface area contributed by atoms with Crippen LogP contribution >= 0.6 is 0 Å². The van der Waals surface area contributed by atoms with Crippen molar-refractivity contribution in [1.29, 1.82) is 0 Å². The molecule has 3 heterocycles. The van der Waals surface area contributed by atoms with Gasteiger partial charge in [-0.2, -0.15) is 5.10 Å². The lowest BCUT2D eigenvalue weighted by Crippen LogP contribution is -2.44. The third-order valence-corrected chi connectivity index (χ3v) is 5.77. The van der Waals surface area contributed by atoms with Crippen molar-refractivity contribution in [2.45, 2.75) is 63.6 Å². The summed E-state index contributed by atoms with van der Waals surface area (Å²) in [5.74, 6) is 0.133. The topological polar surface area (TPSA) is 56.6 Å². The molecule has 3 fully saturated rings. The van der Waals surface area contributed by atoms with Gasteiger partial charge in [0.05, 0.1) is 29.9 Å². The fourth-order valence-electron chi connectivity index (χ4n) is 4.43. The van der Waals surface area contributed by atoms with Gasteiger partial charge < -0.3 is 14.4 Å². The first-order chi connectivity index (χ1) is 11.8. The lowest BCUT2D eigenvalue weighted by Gasteiger charge is -2.30. The largest absolute Gasteiger partial charge is 0.381 e.